The van der Waals surface area contributed by atoms with Gasteiger partial charge in [-0.3, -0.25) is 4.57 Å². The molecule has 0 amide bonds. The van der Waals surface area contributed by atoms with Crippen LogP contribution in [0.3, 0.4) is 0 Å². The molecule has 0 aliphatic rings. The lowest BCUT2D eigenvalue weighted by atomic mass is 10.1. The maximum absolute atomic E-state index is 12.3. The van der Waals surface area contributed by atoms with E-state index in [9.17, 15) is 4.79 Å². The average molecular weight is 435 g/mol. The number of hydrogen-bond donors (Lipinski definition) is 0. The Bertz CT molecular complexity index is 753. The van der Waals surface area contributed by atoms with E-state index < -0.39 is 0 Å². The standard InChI is InChI=1S/C25H42N2O2S/c1-3-5-7-9-11-12-13-15-17-27-20-22-19-23(29-24(22)26-25(27)28)21-30-18-16-14-10-8-6-4-2/h19-20H,3-18,21H2,1-2H3. The van der Waals surface area contributed by atoms with Crippen LogP contribution in [0.25, 0.3) is 11.1 Å². The van der Waals surface area contributed by atoms with E-state index in [0.717, 1.165) is 29.9 Å². The van der Waals surface area contributed by atoms with Gasteiger partial charge in [0.15, 0.2) is 0 Å². The number of furan rings is 1. The lowest BCUT2D eigenvalue weighted by Gasteiger charge is -2.05. The first kappa shape index (κ1) is 25.0. The van der Waals surface area contributed by atoms with Crippen LogP contribution in [0.2, 0.25) is 0 Å². The molecule has 0 N–H and O–H groups in total. The predicted molar refractivity (Wildman–Crippen MR) is 130 cm³/mol. The van der Waals surface area contributed by atoms with E-state index in [0.29, 0.717) is 5.71 Å². The fourth-order valence-corrected chi connectivity index (χ4v) is 4.70. The van der Waals surface area contributed by atoms with Crippen LogP contribution in [-0.2, 0) is 12.3 Å². The Hall–Kier alpha value is -1.23. The Morgan fingerprint density at radius 1 is 0.867 bits per heavy atom. The summed E-state index contributed by atoms with van der Waals surface area (Å²) in [7, 11) is 0. The van der Waals surface area contributed by atoms with E-state index in [4.69, 9.17) is 4.42 Å². The van der Waals surface area contributed by atoms with Crippen molar-refractivity contribution in [1.29, 1.82) is 0 Å². The SMILES string of the molecule is CCCCCCCCCCn1cc2cc(CSCCCCCCCC)oc2nc1=O. The van der Waals surface area contributed by atoms with E-state index in [1.54, 1.807) is 4.57 Å². The molecular formula is C25H42N2O2S. The van der Waals surface area contributed by atoms with Gasteiger partial charge < -0.3 is 4.42 Å². The van der Waals surface area contributed by atoms with E-state index >= 15 is 0 Å². The summed E-state index contributed by atoms with van der Waals surface area (Å²) in [6, 6.07) is 2.06. The molecule has 0 unspecified atom stereocenters. The summed E-state index contributed by atoms with van der Waals surface area (Å²) in [5, 5.41) is 0.948. The fourth-order valence-electron chi connectivity index (χ4n) is 3.81. The van der Waals surface area contributed by atoms with E-state index in [1.807, 2.05) is 18.0 Å². The summed E-state index contributed by atoms with van der Waals surface area (Å²) >= 11 is 1.91. The number of fused-ring (bicyclic) bond motifs is 1. The molecular weight excluding hydrogens is 392 g/mol. The zero-order valence-electron chi connectivity index (χ0n) is 19.3. The van der Waals surface area contributed by atoms with Crippen molar-refractivity contribution in [3.05, 3.63) is 28.5 Å². The first-order valence-electron chi connectivity index (χ1n) is 12.3. The van der Waals surface area contributed by atoms with Crippen LogP contribution in [-0.4, -0.2) is 15.3 Å². The number of nitrogens with zero attached hydrogens (tertiary/aromatic N) is 2. The van der Waals surface area contributed by atoms with Crippen LogP contribution < -0.4 is 5.69 Å². The Morgan fingerprint density at radius 2 is 1.47 bits per heavy atom. The maximum Gasteiger partial charge on any atom is 0.350 e. The highest BCUT2D eigenvalue weighted by molar-refractivity contribution is 7.98. The molecule has 0 aromatic carbocycles. The lowest BCUT2D eigenvalue weighted by Crippen LogP contribution is -2.22. The number of hydrogen-bond acceptors (Lipinski definition) is 4. The summed E-state index contributed by atoms with van der Waals surface area (Å²) < 4.78 is 7.56. The monoisotopic (exact) mass is 434 g/mol. The van der Waals surface area contributed by atoms with Crippen molar-refractivity contribution in [2.24, 2.45) is 0 Å². The van der Waals surface area contributed by atoms with Crippen LogP contribution in [0, 0.1) is 0 Å². The van der Waals surface area contributed by atoms with Gasteiger partial charge in [-0.15, -0.1) is 0 Å². The summed E-state index contributed by atoms with van der Waals surface area (Å²) in [6.45, 7) is 5.26. The number of aryl methyl sites for hydroxylation is 1. The van der Waals surface area contributed by atoms with E-state index in [-0.39, 0.29) is 5.69 Å². The summed E-state index contributed by atoms with van der Waals surface area (Å²) in [4.78, 5) is 16.4. The van der Waals surface area contributed by atoms with E-state index in [2.05, 4.69) is 24.9 Å². The molecule has 4 nitrogen and oxygen atoms in total. The van der Waals surface area contributed by atoms with Crippen LogP contribution in [0.1, 0.15) is 109 Å². The molecule has 0 radical (unpaired) electrons. The molecule has 2 aromatic rings. The van der Waals surface area contributed by atoms with Gasteiger partial charge in [-0.1, -0.05) is 90.9 Å². The number of unbranched alkanes of at least 4 members (excludes halogenated alkanes) is 12. The summed E-state index contributed by atoms with van der Waals surface area (Å²) in [5.41, 5.74) is 0.299. The molecule has 2 rings (SSSR count). The topological polar surface area (TPSA) is 48.0 Å². The van der Waals surface area contributed by atoms with Crippen molar-refractivity contribution in [2.75, 3.05) is 5.75 Å². The highest BCUT2D eigenvalue weighted by Crippen LogP contribution is 2.21. The van der Waals surface area contributed by atoms with Gasteiger partial charge >= 0.3 is 5.69 Å². The molecule has 0 saturated heterocycles. The number of rotatable bonds is 18. The molecule has 2 aromatic heterocycles. The first-order valence-corrected chi connectivity index (χ1v) is 13.5. The van der Waals surface area contributed by atoms with Gasteiger partial charge in [0.2, 0.25) is 5.71 Å². The van der Waals surface area contributed by atoms with Crippen LogP contribution >= 0.6 is 11.8 Å². The molecule has 0 aliphatic carbocycles. The smallest absolute Gasteiger partial charge is 0.350 e. The van der Waals surface area contributed by atoms with E-state index in [1.165, 1.54) is 89.2 Å². The average Bonchev–Trinajstić information content (AvgIpc) is 3.13. The predicted octanol–water partition coefficient (Wildman–Crippen LogP) is 7.72. The Balaban J connectivity index is 1.69. The van der Waals surface area contributed by atoms with Gasteiger partial charge in [0.1, 0.15) is 5.76 Å². The molecule has 0 aliphatic heterocycles. The van der Waals surface area contributed by atoms with Crippen molar-refractivity contribution in [2.45, 2.75) is 116 Å². The molecule has 5 heteroatoms. The second-order valence-corrected chi connectivity index (χ2v) is 9.59. The van der Waals surface area contributed by atoms with Crippen LogP contribution in [0.4, 0.5) is 0 Å². The lowest BCUT2D eigenvalue weighted by molar-refractivity contribution is 0.528. The molecule has 2 heterocycles. The van der Waals surface area contributed by atoms with Crippen molar-refractivity contribution >= 4 is 22.9 Å². The quantitative estimate of drug-likeness (QED) is 0.225. The van der Waals surface area contributed by atoms with Gasteiger partial charge in [-0.2, -0.15) is 16.7 Å². The van der Waals surface area contributed by atoms with Crippen molar-refractivity contribution in [3.63, 3.8) is 0 Å². The highest BCUT2D eigenvalue weighted by atomic mass is 32.2. The molecule has 0 fully saturated rings. The Kier molecular flexibility index (Phi) is 13.0. The molecule has 0 saturated carbocycles. The molecule has 0 bridgehead atoms. The number of aromatic nitrogens is 2. The zero-order valence-corrected chi connectivity index (χ0v) is 20.1. The third-order valence-corrected chi connectivity index (χ3v) is 6.73. The molecule has 30 heavy (non-hydrogen) atoms. The van der Waals surface area contributed by atoms with Gasteiger partial charge in [0.25, 0.3) is 0 Å². The minimum Gasteiger partial charge on any atom is -0.442 e. The summed E-state index contributed by atoms with van der Waals surface area (Å²) in [5.74, 6) is 2.96. The largest absolute Gasteiger partial charge is 0.442 e. The number of thioether (sulfide) groups is 1. The Morgan fingerprint density at radius 3 is 2.13 bits per heavy atom. The van der Waals surface area contributed by atoms with Crippen LogP contribution in [0.5, 0.6) is 0 Å². The second kappa shape index (κ2) is 15.6. The molecule has 0 spiro atoms. The minimum absolute atomic E-state index is 0.189. The second-order valence-electron chi connectivity index (χ2n) is 8.49. The van der Waals surface area contributed by atoms with Gasteiger partial charge in [0, 0.05) is 12.7 Å². The van der Waals surface area contributed by atoms with Gasteiger partial charge in [-0.05, 0) is 24.7 Å². The van der Waals surface area contributed by atoms with Gasteiger partial charge in [-0.25, -0.2) is 4.79 Å². The fraction of sp³-hybridized carbons (Fsp3) is 0.760. The minimum atomic E-state index is -0.189. The molecule has 0 atom stereocenters. The maximum atomic E-state index is 12.3. The van der Waals surface area contributed by atoms with Crippen LogP contribution in [0.15, 0.2) is 21.5 Å². The van der Waals surface area contributed by atoms with Crippen molar-refractivity contribution in [3.8, 4) is 0 Å². The highest BCUT2D eigenvalue weighted by Gasteiger charge is 2.08. The van der Waals surface area contributed by atoms with Crippen molar-refractivity contribution in [1.82, 2.24) is 9.55 Å². The summed E-state index contributed by atoms with van der Waals surface area (Å²) in [6.07, 6.45) is 20.1. The first-order chi connectivity index (χ1) is 14.7. The normalized spacial score (nSPS) is 11.5. The third-order valence-electron chi connectivity index (χ3n) is 5.67. The Labute approximate surface area is 187 Å². The van der Waals surface area contributed by atoms with Gasteiger partial charge in [0.05, 0.1) is 11.1 Å². The molecule has 170 valence electrons. The zero-order chi connectivity index (χ0) is 21.4. The van der Waals surface area contributed by atoms with Crippen molar-refractivity contribution < 1.29 is 4.42 Å². The third kappa shape index (κ3) is 9.72.